The average Bonchev–Trinajstić information content (AvgIpc) is 3.00. The molecule has 0 radical (unpaired) electrons. The molecule has 21 heavy (non-hydrogen) atoms. The minimum absolute atomic E-state index is 0.00866. The van der Waals surface area contributed by atoms with Gasteiger partial charge in [-0.25, -0.2) is 0 Å². The van der Waals surface area contributed by atoms with Crippen LogP contribution in [0, 0.1) is 0 Å². The van der Waals surface area contributed by atoms with E-state index in [0.717, 1.165) is 25.7 Å². The van der Waals surface area contributed by atoms with Gasteiger partial charge in [0.15, 0.2) is 0 Å². The number of hydrogen-bond donors (Lipinski definition) is 2. The standard InChI is InChI=1S/C16H24N2O3/c17-14-7-3-4-8-15(14)21-12-9-16(20)18(10-11-19)13-5-1-2-6-13/h3-4,7-8,13,19H,1-2,5-6,9-12,17H2. The lowest BCUT2D eigenvalue weighted by atomic mass is 10.2. The smallest absolute Gasteiger partial charge is 0.226 e. The molecule has 0 atom stereocenters. The van der Waals surface area contributed by atoms with Crippen LogP contribution < -0.4 is 10.5 Å². The SMILES string of the molecule is Nc1ccccc1OCCC(=O)N(CCO)C1CCCC1. The Labute approximate surface area is 125 Å². The highest BCUT2D eigenvalue weighted by atomic mass is 16.5. The van der Waals surface area contributed by atoms with Gasteiger partial charge in [0.2, 0.25) is 5.91 Å². The number of carbonyl (C=O) groups is 1. The van der Waals surface area contributed by atoms with E-state index in [-0.39, 0.29) is 18.6 Å². The van der Waals surface area contributed by atoms with Crippen LogP contribution in [0.15, 0.2) is 24.3 Å². The summed E-state index contributed by atoms with van der Waals surface area (Å²) in [4.78, 5) is 14.1. The molecule has 0 bridgehead atoms. The van der Waals surface area contributed by atoms with E-state index in [2.05, 4.69) is 0 Å². The van der Waals surface area contributed by atoms with Gasteiger partial charge < -0.3 is 20.5 Å². The van der Waals surface area contributed by atoms with Gasteiger partial charge in [0.1, 0.15) is 5.75 Å². The summed E-state index contributed by atoms with van der Waals surface area (Å²) < 4.78 is 5.56. The summed E-state index contributed by atoms with van der Waals surface area (Å²) in [5.41, 5.74) is 6.37. The molecule has 0 aromatic heterocycles. The van der Waals surface area contributed by atoms with Crippen molar-refractivity contribution >= 4 is 11.6 Å². The highest BCUT2D eigenvalue weighted by Crippen LogP contribution is 2.24. The summed E-state index contributed by atoms with van der Waals surface area (Å²) >= 11 is 0. The molecular weight excluding hydrogens is 268 g/mol. The number of benzene rings is 1. The van der Waals surface area contributed by atoms with E-state index >= 15 is 0 Å². The molecule has 1 aliphatic carbocycles. The molecule has 1 amide bonds. The third kappa shape index (κ3) is 4.36. The van der Waals surface area contributed by atoms with Crippen LogP contribution in [0.25, 0.3) is 0 Å². The van der Waals surface area contributed by atoms with Crippen molar-refractivity contribution in [2.75, 3.05) is 25.5 Å². The van der Waals surface area contributed by atoms with E-state index in [1.54, 1.807) is 12.1 Å². The molecular formula is C16H24N2O3. The molecule has 3 N–H and O–H groups in total. The lowest BCUT2D eigenvalue weighted by Crippen LogP contribution is -2.41. The molecule has 1 aromatic carbocycles. The maximum Gasteiger partial charge on any atom is 0.226 e. The summed E-state index contributed by atoms with van der Waals surface area (Å²) in [6, 6.07) is 7.54. The molecule has 0 heterocycles. The zero-order valence-electron chi connectivity index (χ0n) is 12.3. The highest BCUT2D eigenvalue weighted by molar-refractivity contribution is 5.76. The molecule has 5 heteroatoms. The van der Waals surface area contributed by atoms with Crippen molar-refractivity contribution in [1.82, 2.24) is 4.90 Å². The number of anilines is 1. The predicted molar refractivity (Wildman–Crippen MR) is 82.0 cm³/mol. The first-order valence-electron chi connectivity index (χ1n) is 7.60. The number of amides is 1. The van der Waals surface area contributed by atoms with Crippen molar-refractivity contribution < 1.29 is 14.6 Å². The molecule has 1 aromatic rings. The van der Waals surface area contributed by atoms with Crippen LogP contribution in [0.5, 0.6) is 5.75 Å². The van der Waals surface area contributed by atoms with Crippen molar-refractivity contribution in [3.8, 4) is 5.75 Å². The van der Waals surface area contributed by atoms with Crippen LogP contribution in [0.3, 0.4) is 0 Å². The molecule has 0 aliphatic heterocycles. The molecule has 0 spiro atoms. The van der Waals surface area contributed by atoms with Gasteiger partial charge in [-0.3, -0.25) is 4.79 Å². The second kappa shape index (κ2) is 7.88. The van der Waals surface area contributed by atoms with Crippen LogP contribution in [0.1, 0.15) is 32.1 Å². The summed E-state index contributed by atoms with van der Waals surface area (Å²) in [5, 5.41) is 9.14. The van der Waals surface area contributed by atoms with Crippen LogP contribution in [-0.2, 0) is 4.79 Å². The maximum absolute atomic E-state index is 12.3. The zero-order chi connectivity index (χ0) is 15.1. The Morgan fingerprint density at radius 3 is 2.71 bits per heavy atom. The van der Waals surface area contributed by atoms with Crippen molar-refractivity contribution in [1.29, 1.82) is 0 Å². The second-order valence-electron chi connectivity index (χ2n) is 5.39. The molecule has 1 saturated carbocycles. The molecule has 0 saturated heterocycles. The minimum atomic E-state index is 0.00866. The summed E-state index contributed by atoms with van der Waals surface area (Å²) in [6.45, 7) is 0.730. The fourth-order valence-electron chi connectivity index (χ4n) is 2.84. The Kier molecular flexibility index (Phi) is 5.87. The monoisotopic (exact) mass is 292 g/mol. The largest absolute Gasteiger partial charge is 0.491 e. The van der Waals surface area contributed by atoms with Gasteiger partial charge in [-0.05, 0) is 25.0 Å². The van der Waals surface area contributed by atoms with Gasteiger partial charge in [0.05, 0.1) is 25.3 Å². The molecule has 1 aliphatic rings. The van der Waals surface area contributed by atoms with Crippen molar-refractivity contribution in [3.63, 3.8) is 0 Å². The fourth-order valence-corrected chi connectivity index (χ4v) is 2.84. The Morgan fingerprint density at radius 2 is 2.05 bits per heavy atom. The second-order valence-corrected chi connectivity index (χ2v) is 5.39. The van der Waals surface area contributed by atoms with Crippen molar-refractivity contribution in [3.05, 3.63) is 24.3 Å². The highest BCUT2D eigenvalue weighted by Gasteiger charge is 2.25. The number of nitrogens with zero attached hydrogens (tertiary/aromatic N) is 1. The van der Waals surface area contributed by atoms with E-state index in [9.17, 15) is 4.79 Å². The summed E-state index contributed by atoms with van der Waals surface area (Å²) in [5.74, 6) is 0.658. The first-order valence-corrected chi connectivity index (χ1v) is 7.60. The molecule has 0 unspecified atom stereocenters. The number of hydrogen-bond acceptors (Lipinski definition) is 4. The van der Waals surface area contributed by atoms with Crippen LogP contribution in [0.4, 0.5) is 5.69 Å². The normalized spacial score (nSPS) is 15.1. The van der Waals surface area contributed by atoms with E-state index in [4.69, 9.17) is 15.6 Å². The van der Waals surface area contributed by atoms with Gasteiger partial charge >= 0.3 is 0 Å². The first kappa shape index (κ1) is 15.6. The Hall–Kier alpha value is -1.75. The lowest BCUT2D eigenvalue weighted by Gasteiger charge is -2.28. The third-order valence-electron chi connectivity index (χ3n) is 3.92. The van der Waals surface area contributed by atoms with Crippen molar-refractivity contribution in [2.45, 2.75) is 38.1 Å². The van der Waals surface area contributed by atoms with Crippen LogP contribution >= 0.6 is 0 Å². The van der Waals surface area contributed by atoms with E-state index in [1.807, 2.05) is 17.0 Å². The Morgan fingerprint density at radius 1 is 1.33 bits per heavy atom. The molecule has 5 nitrogen and oxygen atoms in total. The van der Waals surface area contributed by atoms with Gasteiger partial charge in [0.25, 0.3) is 0 Å². The van der Waals surface area contributed by atoms with Gasteiger partial charge in [-0.15, -0.1) is 0 Å². The van der Waals surface area contributed by atoms with E-state index < -0.39 is 0 Å². The topological polar surface area (TPSA) is 75.8 Å². The molecule has 1 fully saturated rings. The number of aliphatic hydroxyl groups is 1. The fraction of sp³-hybridized carbons (Fsp3) is 0.562. The number of nitrogens with two attached hydrogens (primary N) is 1. The Bertz CT molecular complexity index is 459. The van der Waals surface area contributed by atoms with Gasteiger partial charge in [0, 0.05) is 12.6 Å². The third-order valence-corrected chi connectivity index (χ3v) is 3.92. The van der Waals surface area contributed by atoms with E-state index in [0.29, 0.717) is 31.0 Å². The number of nitrogen functional groups attached to an aromatic ring is 1. The number of aliphatic hydroxyl groups excluding tert-OH is 1. The number of carbonyl (C=O) groups excluding carboxylic acids is 1. The summed E-state index contributed by atoms with van der Waals surface area (Å²) in [6.07, 6.45) is 4.72. The number of rotatable bonds is 7. The van der Waals surface area contributed by atoms with Gasteiger partial charge in [-0.1, -0.05) is 25.0 Å². The molecule has 116 valence electrons. The van der Waals surface area contributed by atoms with Crippen molar-refractivity contribution in [2.24, 2.45) is 0 Å². The quantitative estimate of drug-likeness (QED) is 0.751. The Balaban J connectivity index is 1.83. The van der Waals surface area contributed by atoms with Crippen LogP contribution in [0.2, 0.25) is 0 Å². The maximum atomic E-state index is 12.3. The predicted octanol–water partition coefficient (Wildman–Crippen LogP) is 1.80. The number of para-hydroxylation sites is 2. The minimum Gasteiger partial charge on any atom is -0.491 e. The number of ether oxygens (including phenoxy) is 1. The first-order chi connectivity index (χ1) is 10.2. The summed E-state index contributed by atoms with van der Waals surface area (Å²) in [7, 11) is 0. The lowest BCUT2D eigenvalue weighted by molar-refractivity contribution is -0.134. The van der Waals surface area contributed by atoms with Gasteiger partial charge in [-0.2, -0.15) is 0 Å². The zero-order valence-corrected chi connectivity index (χ0v) is 12.3. The van der Waals surface area contributed by atoms with E-state index in [1.165, 1.54) is 0 Å². The van der Waals surface area contributed by atoms with Crippen LogP contribution in [-0.4, -0.2) is 41.7 Å². The molecule has 2 rings (SSSR count). The average molecular weight is 292 g/mol.